The Hall–Kier alpha value is -0.370. The lowest BCUT2D eigenvalue weighted by molar-refractivity contribution is -0.166. The topological polar surface area (TPSA) is 26.3 Å². The molecule has 2 fully saturated rings. The number of carbonyl (C=O) groups excluding carboxylic acids is 1. The second-order valence-electron chi connectivity index (χ2n) is 6.82. The highest BCUT2D eigenvalue weighted by atomic mass is 16.5. The van der Waals surface area contributed by atoms with Crippen LogP contribution in [0.3, 0.4) is 0 Å². The van der Waals surface area contributed by atoms with E-state index < -0.39 is 0 Å². The van der Waals surface area contributed by atoms with Gasteiger partial charge in [-0.1, -0.05) is 64.7 Å². The van der Waals surface area contributed by atoms with Crippen LogP contribution in [-0.4, -0.2) is 18.5 Å². The summed E-state index contributed by atoms with van der Waals surface area (Å²) in [4.78, 5) is 12.1. The lowest BCUT2D eigenvalue weighted by Gasteiger charge is -2.47. The van der Waals surface area contributed by atoms with E-state index in [-0.39, 0.29) is 11.5 Å². The quantitative estimate of drug-likeness (QED) is 0.582. The first kappa shape index (κ1) is 16.0. The molecule has 0 aromatic rings. The van der Waals surface area contributed by atoms with Crippen LogP contribution >= 0.6 is 0 Å². The summed E-state index contributed by atoms with van der Waals surface area (Å²) in [5.41, 5.74) is -0.0568. The second kappa shape index (κ2) is 8.17. The van der Waals surface area contributed by atoms with Gasteiger partial charge in [0.05, 0.1) is 11.5 Å². The van der Waals surface area contributed by atoms with Crippen molar-refractivity contribution in [3.63, 3.8) is 0 Å². The van der Waals surface area contributed by atoms with Gasteiger partial charge in [-0.15, -0.1) is 0 Å². The van der Waals surface area contributed by atoms with Crippen molar-refractivity contribution in [3.05, 3.63) is 0 Å². The van der Waals surface area contributed by atoms with Gasteiger partial charge in [0.1, 0.15) is 5.78 Å². The van der Waals surface area contributed by atoms with Crippen LogP contribution < -0.4 is 0 Å². The average molecular weight is 280 g/mol. The van der Waals surface area contributed by atoms with E-state index in [0.717, 1.165) is 19.4 Å². The van der Waals surface area contributed by atoms with Crippen LogP contribution in [0, 0.1) is 5.41 Å². The van der Waals surface area contributed by atoms with E-state index in [4.69, 9.17) is 4.74 Å². The molecule has 0 aromatic carbocycles. The molecule has 0 N–H and O–H groups in total. The van der Waals surface area contributed by atoms with Gasteiger partial charge in [0.2, 0.25) is 0 Å². The average Bonchev–Trinajstić information content (AvgIpc) is 2.73. The number of hydrogen-bond donors (Lipinski definition) is 0. The van der Waals surface area contributed by atoms with E-state index in [1.807, 2.05) is 0 Å². The number of ether oxygens (including phenoxy) is 1. The van der Waals surface area contributed by atoms with Crippen LogP contribution in [0.15, 0.2) is 0 Å². The Balaban J connectivity index is 1.64. The van der Waals surface area contributed by atoms with Crippen LogP contribution in [0.4, 0.5) is 0 Å². The smallest absolute Gasteiger partial charge is 0.144 e. The fourth-order valence-corrected chi connectivity index (χ4v) is 3.90. The molecule has 1 unspecified atom stereocenters. The van der Waals surface area contributed by atoms with E-state index in [1.54, 1.807) is 0 Å². The lowest BCUT2D eigenvalue weighted by Crippen LogP contribution is -2.55. The maximum atomic E-state index is 12.1. The van der Waals surface area contributed by atoms with Crippen LogP contribution in [0.1, 0.15) is 90.4 Å². The van der Waals surface area contributed by atoms with Gasteiger partial charge in [0.25, 0.3) is 0 Å². The van der Waals surface area contributed by atoms with Gasteiger partial charge >= 0.3 is 0 Å². The van der Waals surface area contributed by atoms with Crippen LogP contribution in [-0.2, 0) is 9.53 Å². The van der Waals surface area contributed by atoms with E-state index >= 15 is 0 Å². The summed E-state index contributed by atoms with van der Waals surface area (Å²) in [7, 11) is 0. The first-order valence-electron chi connectivity index (χ1n) is 8.94. The minimum absolute atomic E-state index is 0.0568. The summed E-state index contributed by atoms with van der Waals surface area (Å²) in [6.07, 6.45) is 16.0. The second-order valence-corrected chi connectivity index (χ2v) is 6.82. The zero-order valence-electron chi connectivity index (χ0n) is 13.3. The summed E-state index contributed by atoms with van der Waals surface area (Å²) < 4.78 is 6.08. The summed E-state index contributed by atoms with van der Waals surface area (Å²) >= 11 is 0. The highest BCUT2D eigenvalue weighted by molar-refractivity contribution is 5.92. The molecular formula is C18H32O2. The Bertz CT molecular complexity index is 290. The molecule has 2 rings (SSSR count). The maximum Gasteiger partial charge on any atom is 0.144 e. The van der Waals surface area contributed by atoms with Crippen LogP contribution in [0.25, 0.3) is 0 Å². The van der Waals surface area contributed by atoms with Gasteiger partial charge in [0.15, 0.2) is 0 Å². The highest BCUT2D eigenvalue weighted by Gasteiger charge is 2.54. The Morgan fingerprint density at radius 2 is 1.65 bits per heavy atom. The number of rotatable bonds is 8. The number of ketones is 1. The zero-order valence-corrected chi connectivity index (χ0v) is 13.3. The minimum atomic E-state index is -0.0568. The fourth-order valence-electron chi connectivity index (χ4n) is 3.90. The predicted molar refractivity (Wildman–Crippen MR) is 82.9 cm³/mol. The summed E-state index contributed by atoms with van der Waals surface area (Å²) in [5.74, 6) is 0.493. The van der Waals surface area contributed by atoms with Gasteiger partial charge in [-0.05, 0) is 19.3 Å². The summed E-state index contributed by atoms with van der Waals surface area (Å²) in [6.45, 7) is 3.12. The molecule has 1 atom stereocenters. The molecular weight excluding hydrogens is 248 g/mol. The monoisotopic (exact) mass is 280 g/mol. The summed E-state index contributed by atoms with van der Waals surface area (Å²) in [5, 5.41) is 0. The molecule has 0 saturated heterocycles. The van der Waals surface area contributed by atoms with Gasteiger partial charge in [-0.2, -0.15) is 0 Å². The molecule has 2 heteroatoms. The Morgan fingerprint density at radius 1 is 1.00 bits per heavy atom. The van der Waals surface area contributed by atoms with Gasteiger partial charge in [-0.25, -0.2) is 0 Å². The third kappa shape index (κ3) is 3.84. The van der Waals surface area contributed by atoms with Crippen molar-refractivity contribution in [1.29, 1.82) is 0 Å². The molecule has 116 valence electrons. The van der Waals surface area contributed by atoms with Crippen molar-refractivity contribution in [3.8, 4) is 0 Å². The molecule has 0 bridgehead atoms. The van der Waals surface area contributed by atoms with Crippen molar-refractivity contribution < 1.29 is 9.53 Å². The van der Waals surface area contributed by atoms with E-state index in [1.165, 1.54) is 64.2 Å². The molecule has 2 aliphatic carbocycles. The van der Waals surface area contributed by atoms with Gasteiger partial charge in [-0.3, -0.25) is 4.79 Å². The van der Waals surface area contributed by atoms with Crippen molar-refractivity contribution in [2.45, 2.75) is 96.5 Å². The number of hydrogen-bond acceptors (Lipinski definition) is 2. The Kier molecular flexibility index (Phi) is 6.54. The van der Waals surface area contributed by atoms with E-state index in [9.17, 15) is 4.79 Å². The third-order valence-corrected chi connectivity index (χ3v) is 5.36. The normalized spacial score (nSPS) is 25.4. The first-order valence-corrected chi connectivity index (χ1v) is 8.94. The predicted octanol–water partition coefficient (Wildman–Crippen LogP) is 5.05. The fraction of sp³-hybridized carbons (Fsp3) is 0.944. The first-order chi connectivity index (χ1) is 9.79. The molecule has 0 aromatic heterocycles. The van der Waals surface area contributed by atoms with Crippen LogP contribution in [0.5, 0.6) is 0 Å². The van der Waals surface area contributed by atoms with Crippen molar-refractivity contribution in [1.82, 2.24) is 0 Å². The zero-order chi connectivity index (χ0) is 14.3. The minimum Gasteiger partial charge on any atom is -0.377 e. The third-order valence-electron chi connectivity index (χ3n) is 5.36. The Labute approximate surface area is 124 Å². The standard InChI is InChI=1S/C18H32O2/c1-2-3-4-5-8-11-14-20-17-15-16(19)18(17)12-9-6-7-10-13-18/h17H,2-15H2,1H3. The Morgan fingerprint density at radius 3 is 2.30 bits per heavy atom. The molecule has 2 aliphatic rings. The van der Waals surface area contributed by atoms with Gasteiger partial charge in [0, 0.05) is 13.0 Å². The van der Waals surface area contributed by atoms with Crippen LogP contribution in [0.2, 0.25) is 0 Å². The number of unbranched alkanes of at least 4 members (excludes halogenated alkanes) is 5. The van der Waals surface area contributed by atoms with Crippen molar-refractivity contribution >= 4 is 5.78 Å². The largest absolute Gasteiger partial charge is 0.377 e. The van der Waals surface area contributed by atoms with Crippen molar-refractivity contribution in [2.75, 3.05) is 6.61 Å². The molecule has 0 aliphatic heterocycles. The molecule has 2 saturated carbocycles. The number of carbonyl (C=O) groups is 1. The van der Waals surface area contributed by atoms with Gasteiger partial charge < -0.3 is 4.74 Å². The van der Waals surface area contributed by atoms with E-state index in [0.29, 0.717) is 12.2 Å². The maximum absolute atomic E-state index is 12.1. The molecule has 0 heterocycles. The van der Waals surface area contributed by atoms with Crippen molar-refractivity contribution in [2.24, 2.45) is 5.41 Å². The van der Waals surface area contributed by atoms with E-state index in [2.05, 4.69) is 6.92 Å². The molecule has 2 nitrogen and oxygen atoms in total. The molecule has 1 spiro atoms. The SMILES string of the molecule is CCCCCCCCOC1CC(=O)C12CCCCCC2. The summed E-state index contributed by atoms with van der Waals surface area (Å²) in [6, 6.07) is 0. The lowest BCUT2D eigenvalue weighted by atomic mass is 9.60. The highest BCUT2D eigenvalue weighted by Crippen LogP contribution is 2.49. The number of Topliss-reactive ketones (excluding diaryl/α,β-unsaturated/α-hetero) is 1. The molecule has 0 radical (unpaired) electrons. The molecule has 0 amide bonds. The molecule has 20 heavy (non-hydrogen) atoms.